The van der Waals surface area contributed by atoms with Gasteiger partial charge in [-0.1, -0.05) is 41.5 Å². The van der Waals surface area contributed by atoms with E-state index in [1.807, 2.05) is 18.3 Å². The Bertz CT molecular complexity index is 564. The molecule has 2 aromatic rings. The fourth-order valence-electron chi connectivity index (χ4n) is 2.30. The number of aromatic nitrogens is 2. The zero-order valence-corrected chi connectivity index (χ0v) is 13.1. The van der Waals surface area contributed by atoms with E-state index in [9.17, 15) is 5.11 Å². The maximum atomic E-state index is 10.6. The lowest BCUT2D eigenvalue weighted by atomic mass is 9.78. The summed E-state index contributed by atoms with van der Waals surface area (Å²) in [4.78, 5) is 7.06. The Balaban J connectivity index is 2.74. The van der Waals surface area contributed by atoms with E-state index in [4.69, 9.17) is 0 Å². The molecule has 20 heavy (non-hydrogen) atoms. The van der Waals surface area contributed by atoms with E-state index >= 15 is 0 Å². The molecule has 0 aliphatic rings. The normalized spacial score (nSPS) is 12.7. The Hall–Kier alpha value is -1.77. The molecule has 0 aliphatic heterocycles. The average molecular weight is 271 g/mol. The molecule has 2 rings (SSSR count). The van der Waals surface area contributed by atoms with Gasteiger partial charge in [0.05, 0.1) is 5.69 Å². The van der Waals surface area contributed by atoms with E-state index < -0.39 is 0 Å². The van der Waals surface area contributed by atoms with Crippen LogP contribution in [0.3, 0.4) is 0 Å². The van der Waals surface area contributed by atoms with Gasteiger partial charge in [-0.25, -0.2) is 4.98 Å². The summed E-state index contributed by atoms with van der Waals surface area (Å²) in [5.74, 6) is 0.397. The molecule has 0 amide bonds. The summed E-state index contributed by atoms with van der Waals surface area (Å²) < 4.78 is 0. The van der Waals surface area contributed by atoms with Crippen LogP contribution in [-0.2, 0) is 10.8 Å². The molecule has 1 aromatic heterocycles. The number of benzene rings is 1. The van der Waals surface area contributed by atoms with Gasteiger partial charge in [0.25, 0.3) is 0 Å². The van der Waals surface area contributed by atoms with Crippen molar-refractivity contribution in [2.75, 3.05) is 0 Å². The van der Waals surface area contributed by atoms with Crippen molar-refractivity contribution >= 4 is 0 Å². The van der Waals surface area contributed by atoms with Crippen LogP contribution in [0.5, 0.6) is 5.75 Å². The summed E-state index contributed by atoms with van der Waals surface area (Å²) in [5, 5.41) is 10.6. The van der Waals surface area contributed by atoms with Gasteiger partial charge in [-0.05, 0) is 23.0 Å². The molecule has 0 bridgehead atoms. The van der Waals surface area contributed by atoms with Gasteiger partial charge in [-0.15, -0.1) is 0 Å². The molecule has 0 saturated heterocycles. The molecule has 0 aliphatic carbocycles. The highest BCUT2D eigenvalue weighted by Gasteiger charge is 2.26. The van der Waals surface area contributed by atoms with Crippen molar-refractivity contribution in [2.24, 2.45) is 0 Å². The van der Waals surface area contributed by atoms with E-state index in [1.54, 1.807) is 0 Å². The minimum Gasteiger partial charge on any atom is -0.507 e. The van der Waals surface area contributed by atoms with Gasteiger partial charge >= 0.3 is 0 Å². The Kier molecular flexibility index (Phi) is 3.41. The van der Waals surface area contributed by atoms with E-state index in [0.717, 1.165) is 22.4 Å². The third-order valence-electron chi connectivity index (χ3n) is 3.47. The minimum atomic E-state index is -0.125. The Morgan fingerprint density at radius 2 is 1.50 bits per heavy atom. The van der Waals surface area contributed by atoms with Gasteiger partial charge in [0.15, 0.2) is 6.33 Å². The highest BCUT2D eigenvalue weighted by atomic mass is 16.3. The second-order valence-corrected chi connectivity index (χ2v) is 7.32. The second-order valence-electron chi connectivity index (χ2n) is 7.32. The van der Waals surface area contributed by atoms with Crippen LogP contribution in [0.15, 0.2) is 18.3 Å². The van der Waals surface area contributed by atoms with Crippen molar-refractivity contribution in [2.45, 2.75) is 52.4 Å². The Morgan fingerprint density at radius 1 is 1.00 bits per heavy atom. The standard InChI is InChI=1S/C17H23N2O/c1-16(2,3)12-7-11(14-9-18-10-19-14)8-13(15(12)20)17(4,5)6/h7-9,20H,1-6H3,(H,18,19). The van der Waals surface area contributed by atoms with Crippen LogP contribution >= 0.6 is 0 Å². The number of aromatic amines is 1. The van der Waals surface area contributed by atoms with Gasteiger partial charge in [-0.2, -0.15) is 0 Å². The lowest BCUT2D eigenvalue weighted by molar-refractivity contribution is 0.423. The van der Waals surface area contributed by atoms with Crippen molar-refractivity contribution in [3.8, 4) is 17.0 Å². The number of hydrogen-bond donors (Lipinski definition) is 2. The predicted octanol–water partition coefficient (Wildman–Crippen LogP) is 4.18. The smallest absolute Gasteiger partial charge is 0.174 e. The maximum Gasteiger partial charge on any atom is 0.174 e. The number of aromatic hydroxyl groups is 1. The molecule has 3 heteroatoms. The molecule has 1 aromatic carbocycles. The quantitative estimate of drug-likeness (QED) is 0.817. The van der Waals surface area contributed by atoms with E-state index in [0.29, 0.717) is 5.75 Å². The summed E-state index contributed by atoms with van der Waals surface area (Å²) in [6, 6.07) is 4.04. The van der Waals surface area contributed by atoms with Crippen molar-refractivity contribution in [1.82, 2.24) is 9.97 Å². The van der Waals surface area contributed by atoms with Crippen LogP contribution in [0.2, 0.25) is 0 Å². The number of phenolic OH excluding ortho intramolecular Hbond substituents is 1. The number of imidazole rings is 1. The zero-order chi connectivity index (χ0) is 15.1. The first-order valence-electron chi connectivity index (χ1n) is 6.90. The molecule has 107 valence electrons. The predicted molar refractivity (Wildman–Crippen MR) is 81.9 cm³/mol. The van der Waals surface area contributed by atoms with Crippen molar-refractivity contribution < 1.29 is 5.11 Å². The van der Waals surface area contributed by atoms with Crippen molar-refractivity contribution in [3.05, 3.63) is 35.8 Å². The van der Waals surface area contributed by atoms with Gasteiger partial charge in [0.2, 0.25) is 0 Å². The lowest BCUT2D eigenvalue weighted by Gasteiger charge is -2.28. The number of nitrogens with one attached hydrogen (secondary N) is 1. The molecule has 1 radical (unpaired) electrons. The van der Waals surface area contributed by atoms with Gasteiger partial charge in [-0.3, -0.25) is 0 Å². The Morgan fingerprint density at radius 3 is 1.85 bits per heavy atom. The van der Waals surface area contributed by atoms with Gasteiger partial charge in [0.1, 0.15) is 5.75 Å². The van der Waals surface area contributed by atoms with Crippen molar-refractivity contribution in [1.29, 1.82) is 0 Å². The third kappa shape index (κ3) is 2.72. The summed E-state index contributed by atoms with van der Waals surface area (Å²) >= 11 is 0. The van der Waals surface area contributed by atoms with E-state index in [2.05, 4.69) is 57.8 Å². The minimum absolute atomic E-state index is 0.125. The number of rotatable bonds is 1. The first-order chi connectivity index (χ1) is 9.10. The molecule has 0 unspecified atom stereocenters. The molecule has 1 heterocycles. The number of nitrogens with zero attached hydrogens (tertiary/aromatic N) is 1. The summed E-state index contributed by atoms with van der Waals surface area (Å²) in [6.45, 7) is 12.6. The number of phenols is 1. The fraction of sp³-hybridized carbons (Fsp3) is 0.471. The van der Waals surface area contributed by atoms with Gasteiger partial charge in [0, 0.05) is 22.9 Å². The van der Waals surface area contributed by atoms with Crippen molar-refractivity contribution in [3.63, 3.8) is 0 Å². The van der Waals surface area contributed by atoms with Gasteiger partial charge < -0.3 is 10.1 Å². The van der Waals surface area contributed by atoms with Crippen LogP contribution in [-0.4, -0.2) is 15.1 Å². The SMILES string of the molecule is CC(C)(C)c1cc(-c2c[nH][c]n2)cc(C(C)(C)C)c1O. The molecule has 0 saturated carbocycles. The van der Waals surface area contributed by atoms with Crippen LogP contribution < -0.4 is 0 Å². The highest BCUT2D eigenvalue weighted by molar-refractivity contribution is 5.65. The molecular weight excluding hydrogens is 248 g/mol. The first kappa shape index (κ1) is 14.6. The molecular formula is C17H23N2O. The third-order valence-corrected chi connectivity index (χ3v) is 3.47. The Labute approximate surface area is 121 Å². The second kappa shape index (κ2) is 4.65. The monoisotopic (exact) mass is 271 g/mol. The zero-order valence-electron chi connectivity index (χ0n) is 13.1. The van der Waals surface area contributed by atoms with Crippen LogP contribution in [0, 0.1) is 6.33 Å². The first-order valence-corrected chi connectivity index (χ1v) is 6.90. The lowest BCUT2D eigenvalue weighted by Crippen LogP contribution is -2.17. The summed E-state index contributed by atoms with van der Waals surface area (Å²) in [6.07, 6.45) is 4.55. The molecule has 3 nitrogen and oxygen atoms in total. The molecule has 0 spiro atoms. The van der Waals surface area contributed by atoms with Crippen LogP contribution in [0.25, 0.3) is 11.3 Å². The molecule has 0 fully saturated rings. The average Bonchev–Trinajstić information content (AvgIpc) is 2.79. The maximum absolute atomic E-state index is 10.6. The fourth-order valence-corrected chi connectivity index (χ4v) is 2.30. The van der Waals surface area contributed by atoms with Crippen LogP contribution in [0.4, 0.5) is 0 Å². The highest BCUT2D eigenvalue weighted by Crippen LogP contribution is 2.41. The largest absolute Gasteiger partial charge is 0.507 e. The molecule has 0 atom stereocenters. The topological polar surface area (TPSA) is 48.9 Å². The van der Waals surface area contributed by atoms with E-state index in [1.165, 1.54) is 0 Å². The number of hydrogen-bond acceptors (Lipinski definition) is 2. The summed E-state index contributed by atoms with van der Waals surface area (Å²) in [7, 11) is 0. The summed E-state index contributed by atoms with van der Waals surface area (Å²) in [5.41, 5.74) is 3.50. The van der Waals surface area contributed by atoms with Crippen LogP contribution in [0.1, 0.15) is 52.7 Å². The molecule has 2 N–H and O–H groups in total. The number of H-pyrrole nitrogens is 1. The van der Waals surface area contributed by atoms with E-state index in [-0.39, 0.29) is 10.8 Å².